The third kappa shape index (κ3) is 5.01. The fourth-order valence-electron chi connectivity index (χ4n) is 2.82. The third-order valence-electron chi connectivity index (χ3n) is 4.43. The van der Waals surface area contributed by atoms with Gasteiger partial charge in [0.25, 0.3) is 11.8 Å². The molecule has 0 spiro atoms. The number of hydrazone groups is 1. The lowest BCUT2D eigenvalue weighted by Crippen LogP contribution is -2.36. The molecule has 0 radical (unpaired) electrons. The topological polar surface area (TPSA) is 150 Å². The number of hydrogen-bond donors (Lipinski definition) is 2. The average molecular weight is 437 g/mol. The lowest BCUT2D eigenvalue weighted by Gasteiger charge is -2.12. The Morgan fingerprint density at radius 1 is 1.16 bits per heavy atom. The number of ether oxygens (including phenoxy) is 1. The van der Waals surface area contributed by atoms with Crippen LogP contribution in [-0.4, -0.2) is 52.7 Å². The highest BCUT2D eigenvalue weighted by Gasteiger charge is 2.38. The van der Waals surface area contributed by atoms with E-state index >= 15 is 0 Å². The van der Waals surface area contributed by atoms with Crippen LogP contribution in [0.2, 0.25) is 0 Å². The van der Waals surface area contributed by atoms with E-state index in [1.54, 1.807) is 24.3 Å². The fraction of sp³-hybridized carbons (Fsp3) is 0.190. The first-order chi connectivity index (χ1) is 15.3. The van der Waals surface area contributed by atoms with E-state index in [2.05, 4.69) is 20.6 Å². The van der Waals surface area contributed by atoms with Gasteiger partial charge in [-0.15, -0.1) is 0 Å². The van der Waals surface area contributed by atoms with E-state index in [0.29, 0.717) is 22.1 Å². The Kier molecular flexibility index (Phi) is 6.68. The number of aromatic carboxylic acids is 1. The van der Waals surface area contributed by atoms with Gasteiger partial charge in [-0.1, -0.05) is 12.1 Å². The van der Waals surface area contributed by atoms with Crippen LogP contribution < -0.4 is 10.1 Å². The molecular formula is C21H19N5O6. The van der Waals surface area contributed by atoms with Gasteiger partial charge in [0.15, 0.2) is 6.04 Å². The van der Waals surface area contributed by atoms with E-state index < -0.39 is 36.2 Å². The number of nitrogens with zero attached hydrogens (tertiary/aromatic N) is 4. The van der Waals surface area contributed by atoms with Crippen molar-refractivity contribution in [2.45, 2.75) is 19.4 Å². The lowest BCUT2D eigenvalue weighted by molar-refractivity contribution is -0.144. The van der Waals surface area contributed by atoms with Crippen LogP contribution >= 0.6 is 0 Å². The van der Waals surface area contributed by atoms with Gasteiger partial charge in [-0.2, -0.15) is 20.3 Å². The first-order valence-electron chi connectivity index (χ1n) is 9.39. The SMILES string of the molecule is COc1ccccc1NC(=O)CC(=O)N1N=C(C)[C@H](N=Nc2ccc(C(=O)O)cc2)C1=O. The summed E-state index contributed by atoms with van der Waals surface area (Å²) in [5, 5.41) is 23.8. The number of carbonyl (C=O) groups excluding carboxylic acids is 3. The van der Waals surface area contributed by atoms with Crippen molar-refractivity contribution in [2.75, 3.05) is 12.4 Å². The Balaban J connectivity index is 1.63. The molecule has 3 rings (SSSR count). The number of methoxy groups -OCH3 is 1. The molecule has 1 atom stereocenters. The van der Waals surface area contributed by atoms with Gasteiger partial charge < -0.3 is 15.2 Å². The summed E-state index contributed by atoms with van der Waals surface area (Å²) in [4.78, 5) is 48.2. The molecule has 0 fully saturated rings. The third-order valence-corrected chi connectivity index (χ3v) is 4.43. The number of carboxylic acid groups (broad SMARTS) is 1. The van der Waals surface area contributed by atoms with Crippen molar-refractivity contribution in [3.63, 3.8) is 0 Å². The second-order valence-electron chi connectivity index (χ2n) is 6.68. The van der Waals surface area contributed by atoms with Crippen LogP contribution in [0.3, 0.4) is 0 Å². The largest absolute Gasteiger partial charge is 0.495 e. The summed E-state index contributed by atoms with van der Waals surface area (Å²) in [7, 11) is 1.45. The Morgan fingerprint density at radius 3 is 2.50 bits per heavy atom. The Morgan fingerprint density at radius 2 is 1.84 bits per heavy atom. The highest BCUT2D eigenvalue weighted by Crippen LogP contribution is 2.23. The second-order valence-corrected chi connectivity index (χ2v) is 6.68. The monoisotopic (exact) mass is 437 g/mol. The minimum atomic E-state index is -1.12. The molecule has 1 aliphatic heterocycles. The first-order valence-corrected chi connectivity index (χ1v) is 9.39. The maximum atomic E-state index is 12.6. The van der Waals surface area contributed by atoms with Crippen LogP contribution in [-0.2, 0) is 14.4 Å². The molecule has 2 aromatic carbocycles. The Labute approximate surface area is 182 Å². The molecule has 0 aromatic heterocycles. The van der Waals surface area contributed by atoms with E-state index in [1.807, 2.05) is 0 Å². The number of rotatable bonds is 7. The van der Waals surface area contributed by atoms with Gasteiger partial charge in [0, 0.05) is 0 Å². The number of anilines is 1. The van der Waals surface area contributed by atoms with Crippen molar-refractivity contribution in [3.8, 4) is 5.75 Å². The summed E-state index contributed by atoms with van der Waals surface area (Å²) in [5.74, 6) is -2.83. The summed E-state index contributed by atoms with van der Waals surface area (Å²) in [6, 6.07) is 11.2. The summed E-state index contributed by atoms with van der Waals surface area (Å²) in [6.45, 7) is 1.51. The standard InChI is InChI=1S/C21H19N5O6/c1-12-19(24-23-14-9-7-13(8-10-14)21(30)31)20(29)26(25-12)18(28)11-17(27)22-15-5-3-4-6-16(15)32-2/h3-10,19H,11H2,1-2H3,(H,22,27)(H,30,31)/t19-/m0/s1. The number of carboxylic acids is 1. The predicted molar refractivity (Wildman–Crippen MR) is 113 cm³/mol. The maximum absolute atomic E-state index is 12.6. The Bertz CT molecular complexity index is 1130. The molecule has 164 valence electrons. The molecule has 0 aliphatic carbocycles. The smallest absolute Gasteiger partial charge is 0.335 e. The van der Waals surface area contributed by atoms with Gasteiger partial charge in [0.1, 0.15) is 12.2 Å². The van der Waals surface area contributed by atoms with Crippen molar-refractivity contribution in [2.24, 2.45) is 15.3 Å². The normalized spacial score (nSPS) is 15.6. The number of hydrogen-bond acceptors (Lipinski definition) is 8. The van der Waals surface area contributed by atoms with Gasteiger partial charge in [0.2, 0.25) is 5.91 Å². The van der Waals surface area contributed by atoms with E-state index in [4.69, 9.17) is 9.84 Å². The van der Waals surface area contributed by atoms with Crippen LogP contribution in [0.25, 0.3) is 0 Å². The molecule has 2 N–H and O–H groups in total. The van der Waals surface area contributed by atoms with Crippen molar-refractivity contribution in [3.05, 3.63) is 54.1 Å². The van der Waals surface area contributed by atoms with Crippen LogP contribution in [0.5, 0.6) is 5.75 Å². The van der Waals surface area contributed by atoms with Gasteiger partial charge in [0.05, 0.1) is 29.8 Å². The van der Waals surface area contributed by atoms with Crippen molar-refractivity contribution >= 4 is 40.8 Å². The molecule has 1 aliphatic rings. The van der Waals surface area contributed by atoms with Crippen molar-refractivity contribution in [1.82, 2.24) is 5.01 Å². The van der Waals surface area contributed by atoms with Crippen LogP contribution in [0.15, 0.2) is 63.9 Å². The lowest BCUT2D eigenvalue weighted by atomic mass is 10.2. The summed E-state index contributed by atoms with van der Waals surface area (Å²) in [6.07, 6.45) is -0.610. The molecule has 11 heteroatoms. The van der Waals surface area contributed by atoms with E-state index in [9.17, 15) is 19.2 Å². The highest BCUT2D eigenvalue weighted by molar-refractivity contribution is 6.18. The summed E-state index contributed by atoms with van der Waals surface area (Å²) < 4.78 is 5.14. The highest BCUT2D eigenvalue weighted by atomic mass is 16.5. The van der Waals surface area contributed by atoms with Gasteiger partial charge in [-0.3, -0.25) is 14.4 Å². The second kappa shape index (κ2) is 9.60. The number of azo groups is 1. The number of carbonyl (C=O) groups is 4. The van der Waals surface area contributed by atoms with Crippen molar-refractivity contribution < 1.29 is 29.0 Å². The van der Waals surface area contributed by atoms with Gasteiger partial charge in [-0.05, 0) is 43.3 Å². The summed E-state index contributed by atoms with van der Waals surface area (Å²) in [5.41, 5.74) is 1.04. The quantitative estimate of drug-likeness (QED) is 0.502. The van der Waals surface area contributed by atoms with E-state index in [1.165, 1.54) is 38.3 Å². The number of para-hydroxylation sites is 2. The first kappa shape index (κ1) is 22.3. The van der Waals surface area contributed by atoms with Crippen molar-refractivity contribution in [1.29, 1.82) is 0 Å². The maximum Gasteiger partial charge on any atom is 0.335 e. The molecule has 3 amide bonds. The van der Waals surface area contributed by atoms with Crippen LogP contribution in [0.4, 0.5) is 11.4 Å². The molecule has 32 heavy (non-hydrogen) atoms. The fourth-order valence-corrected chi connectivity index (χ4v) is 2.82. The molecule has 0 saturated heterocycles. The number of benzene rings is 2. The molecule has 2 aromatic rings. The zero-order valence-corrected chi connectivity index (χ0v) is 17.2. The number of imide groups is 1. The summed E-state index contributed by atoms with van der Waals surface area (Å²) >= 11 is 0. The molecule has 0 bridgehead atoms. The molecule has 1 heterocycles. The minimum Gasteiger partial charge on any atom is -0.495 e. The van der Waals surface area contributed by atoms with Gasteiger partial charge >= 0.3 is 5.97 Å². The number of nitrogens with one attached hydrogen (secondary N) is 1. The molecular weight excluding hydrogens is 418 g/mol. The minimum absolute atomic E-state index is 0.0850. The average Bonchev–Trinajstić information content (AvgIpc) is 3.06. The predicted octanol–water partition coefficient (Wildman–Crippen LogP) is 2.62. The molecule has 0 saturated carbocycles. The van der Waals surface area contributed by atoms with E-state index in [0.717, 1.165) is 0 Å². The van der Waals surface area contributed by atoms with E-state index in [-0.39, 0.29) is 11.3 Å². The van der Waals surface area contributed by atoms with Crippen LogP contribution in [0, 0.1) is 0 Å². The Hall–Kier alpha value is -4.41. The zero-order chi connectivity index (χ0) is 23.3. The molecule has 0 unspecified atom stereocenters. The molecule has 11 nitrogen and oxygen atoms in total. The zero-order valence-electron chi connectivity index (χ0n) is 17.2. The van der Waals surface area contributed by atoms with Gasteiger partial charge in [-0.25, -0.2) is 4.79 Å². The van der Waals surface area contributed by atoms with Crippen LogP contribution in [0.1, 0.15) is 23.7 Å². The number of amides is 3.